The molecule has 10 heteroatoms. The van der Waals surface area contributed by atoms with Gasteiger partial charge in [-0.2, -0.15) is 5.10 Å². The van der Waals surface area contributed by atoms with Crippen molar-refractivity contribution >= 4 is 29.3 Å². The van der Waals surface area contributed by atoms with Crippen molar-refractivity contribution in [1.82, 2.24) is 25.3 Å². The number of fused-ring (bicyclic) bond motifs is 1. The second kappa shape index (κ2) is 11.7. The van der Waals surface area contributed by atoms with Crippen molar-refractivity contribution in [3.63, 3.8) is 0 Å². The zero-order chi connectivity index (χ0) is 25.5. The molecule has 0 saturated heterocycles. The van der Waals surface area contributed by atoms with Gasteiger partial charge < -0.3 is 20.3 Å². The molecular formula is C26H28ClN5O4. The van der Waals surface area contributed by atoms with Gasteiger partial charge in [-0.15, -0.1) is 0 Å². The van der Waals surface area contributed by atoms with Crippen molar-refractivity contribution in [3.8, 4) is 11.4 Å². The first-order valence-electron chi connectivity index (χ1n) is 11.8. The van der Waals surface area contributed by atoms with Gasteiger partial charge in [-0.25, -0.2) is 4.68 Å². The minimum absolute atomic E-state index is 0.127. The number of aromatic nitrogens is 2. The molecule has 188 valence electrons. The highest BCUT2D eigenvalue weighted by Crippen LogP contribution is 2.22. The van der Waals surface area contributed by atoms with Crippen molar-refractivity contribution in [2.75, 3.05) is 32.8 Å². The van der Waals surface area contributed by atoms with Gasteiger partial charge >= 0.3 is 0 Å². The highest BCUT2D eigenvalue weighted by atomic mass is 35.5. The predicted molar refractivity (Wildman–Crippen MR) is 136 cm³/mol. The maximum atomic E-state index is 13.5. The summed E-state index contributed by atoms with van der Waals surface area (Å²) in [5.41, 5.74) is 2.35. The Labute approximate surface area is 214 Å². The molecule has 3 amide bonds. The number of nitrogens with zero attached hydrogens (tertiary/aromatic N) is 3. The number of benzene rings is 2. The van der Waals surface area contributed by atoms with E-state index in [-0.39, 0.29) is 43.8 Å². The van der Waals surface area contributed by atoms with E-state index in [4.69, 9.17) is 16.3 Å². The van der Waals surface area contributed by atoms with E-state index in [1.807, 2.05) is 13.0 Å². The maximum absolute atomic E-state index is 13.5. The quantitative estimate of drug-likeness (QED) is 0.552. The topological polar surface area (TPSA) is 106 Å². The number of hydrogen-bond acceptors (Lipinski definition) is 5. The number of aryl methyl sites for hydroxylation is 1. The largest absolute Gasteiger partial charge is 0.491 e. The van der Waals surface area contributed by atoms with Crippen LogP contribution in [0.3, 0.4) is 0 Å². The average molecular weight is 510 g/mol. The Bertz CT molecular complexity index is 1250. The third kappa shape index (κ3) is 6.23. The van der Waals surface area contributed by atoms with Gasteiger partial charge in [0.1, 0.15) is 12.4 Å². The number of halogens is 1. The molecule has 0 fully saturated rings. The molecule has 0 aliphatic carbocycles. The monoisotopic (exact) mass is 509 g/mol. The lowest BCUT2D eigenvalue weighted by atomic mass is 10.1. The lowest BCUT2D eigenvalue weighted by Crippen LogP contribution is -2.39. The van der Waals surface area contributed by atoms with E-state index >= 15 is 0 Å². The summed E-state index contributed by atoms with van der Waals surface area (Å²) in [5.74, 6) is -0.262. The minimum Gasteiger partial charge on any atom is -0.491 e. The van der Waals surface area contributed by atoms with Crippen LogP contribution in [0, 0.1) is 6.92 Å². The molecule has 0 unspecified atom stereocenters. The number of rotatable bonds is 2. The Morgan fingerprint density at radius 1 is 1.08 bits per heavy atom. The van der Waals surface area contributed by atoms with Gasteiger partial charge in [0.05, 0.1) is 28.4 Å². The number of ether oxygens (including phenoxy) is 1. The van der Waals surface area contributed by atoms with Gasteiger partial charge in [-0.3, -0.25) is 14.4 Å². The predicted octanol–water partition coefficient (Wildman–Crippen LogP) is 3.00. The van der Waals surface area contributed by atoms with Crippen LogP contribution in [0.1, 0.15) is 39.1 Å². The highest BCUT2D eigenvalue weighted by molar-refractivity contribution is 6.33. The summed E-state index contributed by atoms with van der Waals surface area (Å²) in [4.78, 5) is 40.3. The molecule has 0 saturated carbocycles. The van der Waals surface area contributed by atoms with Crippen LogP contribution in [0.15, 0.2) is 54.9 Å². The molecule has 1 aliphatic rings. The number of carbonyl (C=O) groups is 3. The molecule has 2 aromatic carbocycles. The molecule has 1 aliphatic heterocycles. The molecular weight excluding hydrogens is 482 g/mol. The third-order valence-corrected chi connectivity index (χ3v) is 6.13. The van der Waals surface area contributed by atoms with Crippen LogP contribution in [0.25, 0.3) is 5.69 Å². The summed E-state index contributed by atoms with van der Waals surface area (Å²) in [6.45, 7) is 3.25. The summed E-state index contributed by atoms with van der Waals surface area (Å²) in [6.07, 6.45) is 4.15. The first-order chi connectivity index (χ1) is 17.4. The van der Waals surface area contributed by atoms with Gasteiger partial charge in [-0.1, -0.05) is 23.2 Å². The van der Waals surface area contributed by atoms with Crippen LogP contribution in [0.5, 0.6) is 5.75 Å². The molecule has 1 aromatic heterocycles. The molecule has 2 N–H and O–H groups in total. The van der Waals surface area contributed by atoms with Crippen LogP contribution in [0.4, 0.5) is 0 Å². The van der Waals surface area contributed by atoms with Crippen LogP contribution < -0.4 is 15.4 Å². The first-order valence-corrected chi connectivity index (χ1v) is 12.2. The molecule has 3 aromatic rings. The number of carbonyl (C=O) groups excluding carboxylic acids is 3. The van der Waals surface area contributed by atoms with Gasteiger partial charge in [0.2, 0.25) is 5.91 Å². The molecule has 0 spiro atoms. The Kier molecular flexibility index (Phi) is 8.22. The lowest BCUT2D eigenvalue weighted by Gasteiger charge is -2.24. The minimum atomic E-state index is -0.293. The SMILES string of the molecule is Cc1ccc2c(c1)C(=O)NCCN(C(=O)c1cc(-n3cccn3)ccc1Cl)CCCC(=O)NCCO2. The van der Waals surface area contributed by atoms with E-state index < -0.39 is 0 Å². The zero-order valence-electron chi connectivity index (χ0n) is 20.0. The molecule has 0 bridgehead atoms. The van der Waals surface area contributed by atoms with E-state index in [0.717, 1.165) is 5.56 Å². The number of nitrogens with one attached hydrogen (secondary N) is 2. The van der Waals surface area contributed by atoms with E-state index in [0.29, 0.717) is 47.1 Å². The summed E-state index contributed by atoms with van der Waals surface area (Å²) in [5, 5.41) is 10.2. The molecule has 36 heavy (non-hydrogen) atoms. The molecule has 9 nitrogen and oxygen atoms in total. The average Bonchev–Trinajstić information content (AvgIpc) is 3.40. The molecule has 0 radical (unpaired) electrons. The maximum Gasteiger partial charge on any atom is 0.255 e. The van der Waals surface area contributed by atoms with Crippen molar-refractivity contribution in [2.45, 2.75) is 19.8 Å². The van der Waals surface area contributed by atoms with Crippen molar-refractivity contribution in [2.24, 2.45) is 0 Å². The fourth-order valence-electron chi connectivity index (χ4n) is 3.94. The van der Waals surface area contributed by atoms with Crippen molar-refractivity contribution in [3.05, 3.63) is 76.6 Å². The molecule has 0 atom stereocenters. The zero-order valence-corrected chi connectivity index (χ0v) is 20.8. The number of amides is 3. The lowest BCUT2D eigenvalue weighted by molar-refractivity contribution is -0.121. The van der Waals surface area contributed by atoms with E-state index in [9.17, 15) is 14.4 Å². The van der Waals surface area contributed by atoms with Crippen LogP contribution >= 0.6 is 11.6 Å². The third-order valence-electron chi connectivity index (χ3n) is 5.80. The van der Waals surface area contributed by atoms with Gasteiger partial charge in [0, 0.05) is 38.4 Å². The fraction of sp³-hybridized carbons (Fsp3) is 0.308. The van der Waals surface area contributed by atoms with Crippen LogP contribution in [-0.2, 0) is 4.79 Å². The van der Waals surface area contributed by atoms with E-state index in [2.05, 4.69) is 15.7 Å². The normalized spacial score (nSPS) is 15.6. The summed E-state index contributed by atoms with van der Waals surface area (Å²) < 4.78 is 7.39. The Balaban J connectivity index is 1.55. The standard InChI is InChI=1S/C26H28ClN5O4/c1-18-5-8-23-21(16-18)25(34)29-10-14-31(12-2-4-24(33)28-11-15-36-23)26(35)20-17-19(6-7-22(20)27)32-13-3-9-30-32/h3,5-9,13,16-17H,2,4,10-12,14-15H2,1H3,(H,28,33)(H,29,34). The van der Waals surface area contributed by atoms with E-state index in [1.54, 1.807) is 58.4 Å². The molecule has 4 rings (SSSR count). The van der Waals surface area contributed by atoms with Crippen molar-refractivity contribution in [1.29, 1.82) is 0 Å². The highest BCUT2D eigenvalue weighted by Gasteiger charge is 2.21. The van der Waals surface area contributed by atoms with Gasteiger partial charge in [0.15, 0.2) is 0 Å². The Hall–Kier alpha value is -3.85. The van der Waals surface area contributed by atoms with Gasteiger partial charge in [-0.05, 0) is 49.7 Å². The summed E-state index contributed by atoms with van der Waals surface area (Å²) in [6, 6.07) is 12.3. The second-order valence-corrected chi connectivity index (χ2v) is 8.87. The van der Waals surface area contributed by atoms with Gasteiger partial charge in [0.25, 0.3) is 11.8 Å². The van der Waals surface area contributed by atoms with Crippen LogP contribution in [-0.4, -0.2) is 65.2 Å². The van der Waals surface area contributed by atoms with Crippen molar-refractivity contribution < 1.29 is 19.1 Å². The fourth-order valence-corrected chi connectivity index (χ4v) is 4.14. The summed E-state index contributed by atoms with van der Waals surface area (Å²) in [7, 11) is 0. The summed E-state index contributed by atoms with van der Waals surface area (Å²) >= 11 is 6.40. The smallest absolute Gasteiger partial charge is 0.255 e. The molecule has 2 heterocycles. The Morgan fingerprint density at radius 2 is 1.94 bits per heavy atom. The number of hydrogen-bond donors (Lipinski definition) is 2. The first kappa shape index (κ1) is 25.2. The van der Waals surface area contributed by atoms with E-state index in [1.165, 1.54) is 0 Å². The second-order valence-electron chi connectivity index (χ2n) is 8.46. The van der Waals surface area contributed by atoms with Crippen LogP contribution in [0.2, 0.25) is 5.02 Å². The Morgan fingerprint density at radius 3 is 2.75 bits per heavy atom.